The highest BCUT2D eigenvalue weighted by molar-refractivity contribution is 6.03. The molecule has 1 aromatic carbocycles. The highest BCUT2D eigenvalue weighted by Gasteiger charge is 2.58. The first kappa shape index (κ1) is 28.2. The number of nitrogens with zero attached hydrogens (tertiary/aromatic N) is 3. The van der Waals surface area contributed by atoms with E-state index < -0.39 is 71.6 Å². The molecule has 12 nitrogen and oxygen atoms in total. The molecule has 3 heterocycles. The molecule has 0 bridgehead atoms. The zero-order valence-electron chi connectivity index (χ0n) is 23.1. The second-order valence-electron chi connectivity index (χ2n) is 12.0. The van der Waals surface area contributed by atoms with E-state index in [1.54, 1.807) is 0 Å². The molecule has 4 atom stereocenters. The molecule has 14 heteroatoms. The maximum Gasteiger partial charge on any atom is 0.410 e. The van der Waals surface area contributed by atoms with E-state index in [0.717, 1.165) is 36.6 Å². The minimum Gasteiger partial charge on any atom is -0.473 e. The second kappa shape index (κ2) is 10.4. The average molecular weight is 590 g/mol. The number of halogens is 2. The summed E-state index contributed by atoms with van der Waals surface area (Å²) in [6.45, 7) is 0.0249. The summed E-state index contributed by atoms with van der Waals surface area (Å²) in [6, 6.07) is -1.56. The summed E-state index contributed by atoms with van der Waals surface area (Å²) in [5, 5.41) is 2.38. The second-order valence-corrected chi connectivity index (χ2v) is 12.0. The monoisotopic (exact) mass is 589 g/mol. The number of likely N-dealkylation sites (N-methyl/N-ethyl adjacent to an activating group) is 1. The van der Waals surface area contributed by atoms with E-state index >= 15 is 0 Å². The summed E-state index contributed by atoms with van der Waals surface area (Å²) in [5.41, 5.74) is 3.51. The number of hydrogen-bond donors (Lipinski definition) is 2. The van der Waals surface area contributed by atoms with Gasteiger partial charge in [-0.2, -0.15) is 0 Å². The van der Waals surface area contributed by atoms with E-state index in [4.69, 9.17) is 15.2 Å². The van der Waals surface area contributed by atoms with E-state index in [0.29, 0.717) is 24.8 Å². The Balaban J connectivity index is 1.28. The number of cyclic esters (lactones) is 1. The Morgan fingerprint density at radius 3 is 2.45 bits per heavy atom. The van der Waals surface area contributed by atoms with Gasteiger partial charge in [0.1, 0.15) is 36.2 Å². The summed E-state index contributed by atoms with van der Waals surface area (Å²) in [5.74, 6) is -4.44. The Morgan fingerprint density at radius 2 is 1.83 bits per heavy atom. The maximum atomic E-state index is 14.3. The van der Waals surface area contributed by atoms with Gasteiger partial charge in [0.15, 0.2) is 11.6 Å². The number of amides is 5. The smallest absolute Gasteiger partial charge is 0.410 e. The molecule has 2 saturated heterocycles. The van der Waals surface area contributed by atoms with Gasteiger partial charge in [0.2, 0.25) is 23.3 Å². The van der Waals surface area contributed by atoms with Crippen LogP contribution in [0, 0.1) is 23.5 Å². The molecule has 3 aliphatic heterocycles. The lowest BCUT2D eigenvalue weighted by molar-refractivity contribution is -0.149. The third kappa shape index (κ3) is 5.11. The Labute approximate surface area is 240 Å². The number of benzene rings is 1. The van der Waals surface area contributed by atoms with Crippen LogP contribution in [0.3, 0.4) is 0 Å². The molecule has 3 N–H and O–H groups in total. The molecule has 6 rings (SSSR count). The van der Waals surface area contributed by atoms with Gasteiger partial charge in [-0.05, 0) is 24.7 Å². The molecule has 0 aromatic heterocycles. The molecule has 1 spiro atoms. The SMILES string of the molecule is CN(C(=O)[C@H](CC1CC1)N1CCOC1=O)[C@@H](CC1CC1)C(=O)N1C[C@@]2(C[C@H]1C(N)=O)Oc1cc(F)cc(F)c1NC2=O. The van der Waals surface area contributed by atoms with Crippen molar-refractivity contribution < 1.29 is 42.2 Å². The lowest BCUT2D eigenvalue weighted by atomic mass is 9.96. The number of carbonyl (C=O) groups excluding carboxylic acids is 5. The van der Waals surface area contributed by atoms with Crippen LogP contribution in [0.25, 0.3) is 0 Å². The van der Waals surface area contributed by atoms with Gasteiger partial charge in [-0.25, -0.2) is 13.6 Å². The first-order valence-corrected chi connectivity index (χ1v) is 14.3. The van der Waals surface area contributed by atoms with Crippen LogP contribution in [-0.2, 0) is 23.9 Å². The van der Waals surface area contributed by atoms with Gasteiger partial charge in [-0.15, -0.1) is 0 Å². The zero-order chi connectivity index (χ0) is 29.9. The van der Waals surface area contributed by atoms with Crippen LogP contribution >= 0.6 is 0 Å². The van der Waals surface area contributed by atoms with E-state index in [-0.39, 0.29) is 36.9 Å². The largest absolute Gasteiger partial charge is 0.473 e. The van der Waals surface area contributed by atoms with Gasteiger partial charge in [0, 0.05) is 25.6 Å². The van der Waals surface area contributed by atoms with E-state index in [1.165, 1.54) is 16.8 Å². The number of nitrogens with two attached hydrogens (primary N) is 1. The van der Waals surface area contributed by atoms with Crippen molar-refractivity contribution >= 4 is 35.4 Å². The number of fused-ring (bicyclic) bond motifs is 1. The van der Waals surface area contributed by atoms with Crippen molar-refractivity contribution in [1.82, 2.24) is 14.7 Å². The molecule has 2 saturated carbocycles. The minimum absolute atomic E-state index is 0.177. The molecular formula is C28H33F2N5O7. The van der Waals surface area contributed by atoms with Crippen molar-refractivity contribution in [1.29, 1.82) is 0 Å². The average Bonchev–Trinajstić information content (AvgIpc) is 3.86. The number of rotatable bonds is 9. The summed E-state index contributed by atoms with van der Waals surface area (Å²) >= 11 is 0. The third-order valence-corrected chi connectivity index (χ3v) is 8.97. The van der Waals surface area contributed by atoms with Crippen LogP contribution in [0.5, 0.6) is 5.75 Å². The Bertz CT molecular complexity index is 1350. The van der Waals surface area contributed by atoms with Crippen LogP contribution < -0.4 is 15.8 Å². The molecule has 5 amide bonds. The number of anilines is 1. The van der Waals surface area contributed by atoms with Crippen molar-refractivity contribution in [2.75, 3.05) is 32.1 Å². The van der Waals surface area contributed by atoms with Crippen LogP contribution in [-0.4, -0.2) is 94.9 Å². The molecular weight excluding hydrogens is 556 g/mol. The van der Waals surface area contributed by atoms with Gasteiger partial charge in [0.25, 0.3) is 5.91 Å². The maximum absolute atomic E-state index is 14.3. The molecule has 4 fully saturated rings. The number of hydrogen-bond acceptors (Lipinski definition) is 7. The number of primary amides is 1. The lowest BCUT2D eigenvalue weighted by Crippen LogP contribution is -2.58. The van der Waals surface area contributed by atoms with Gasteiger partial charge >= 0.3 is 6.09 Å². The minimum atomic E-state index is -1.83. The number of likely N-dealkylation sites (tertiary alicyclic amines) is 1. The highest BCUT2D eigenvalue weighted by atomic mass is 19.1. The van der Waals surface area contributed by atoms with Crippen molar-refractivity contribution in [2.24, 2.45) is 17.6 Å². The third-order valence-electron chi connectivity index (χ3n) is 8.97. The fraction of sp³-hybridized carbons (Fsp3) is 0.607. The molecule has 1 aromatic rings. The van der Waals surface area contributed by atoms with E-state index in [9.17, 15) is 32.8 Å². The highest BCUT2D eigenvalue weighted by Crippen LogP contribution is 2.43. The summed E-state index contributed by atoms with van der Waals surface area (Å²) in [7, 11) is 1.51. The number of carbonyl (C=O) groups is 5. The normalized spacial score (nSPS) is 26.3. The van der Waals surface area contributed by atoms with Gasteiger partial charge in [-0.1, -0.05) is 25.7 Å². The van der Waals surface area contributed by atoms with Gasteiger partial charge in [0.05, 0.1) is 13.1 Å². The van der Waals surface area contributed by atoms with Crippen molar-refractivity contribution in [2.45, 2.75) is 68.7 Å². The first-order chi connectivity index (χ1) is 20.0. The Morgan fingerprint density at radius 1 is 1.14 bits per heavy atom. The zero-order valence-corrected chi connectivity index (χ0v) is 23.1. The van der Waals surface area contributed by atoms with E-state index in [1.807, 2.05) is 0 Å². The van der Waals surface area contributed by atoms with Crippen molar-refractivity contribution in [3.05, 3.63) is 23.8 Å². The fourth-order valence-corrected chi connectivity index (χ4v) is 6.23. The molecule has 42 heavy (non-hydrogen) atoms. The molecule has 0 radical (unpaired) electrons. The fourth-order valence-electron chi connectivity index (χ4n) is 6.23. The van der Waals surface area contributed by atoms with Crippen molar-refractivity contribution in [3.63, 3.8) is 0 Å². The Hall–Kier alpha value is -3.97. The van der Waals surface area contributed by atoms with Gasteiger partial charge in [-0.3, -0.25) is 24.1 Å². The standard InChI is InChI=1S/C28H33F2N5O7/c1-33(24(37)19(9-15-4-5-15)34-6-7-41-27(34)40)18(8-14-2-3-14)25(38)35-13-28(12-20(35)23(31)36)26(39)32-22-17(30)10-16(29)11-21(22)42-28/h10-11,14-15,18-20H,2-9,12-13H2,1H3,(H2,31,36)(H,32,39)/t18-,19-,20-,28+/m0/s1. The van der Waals surface area contributed by atoms with Crippen molar-refractivity contribution in [3.8, 4) is 5.75 Å². The summed E-state index contributed by atoms with van der Waals surface area (Å²) in [6.07, 6.45) is 3.53. The van der Waals surface area contributed by atoms with Gasteiger partial charge < -0.3 is 30.3 Å². The molecule has 226 valence electrons. The number of ether oxygens (including phenoxy) is 2. The Kier molecular flexibility index (Phi) is 6.97. The van der Waals surface area contributed by atoms with Crippen LogP contribution in [0.2, 0.25) is 0 Å². The quantitative estimate of drug-likeness (QED) is 0.442. The molecule has 5 aliphatic rings. The lowest BCUT2D eigenvalue weighted by Gasteiger charge is -2.37. The summed E-state index contributed by atoms with van der Waals surface area (Å²) in [4.78, 5) is 70.2. The van der Waals surface area contributed by atoms with Crippen LogP contribution in [0.4, 0.5) is 19.3 Å². The molecule has 2 aliphatic carbocycles. The predicted molar refractivity (Wildman–Crippen MR) is 141 cm³/mol. The van der Waals surface area contributed by atoms with Crippen LogP contribution in [0.1, 0.15) is 44.9 Å². The topological polar surface area (TPSA) is 152 Å². The number of nitrogens with one attached hydrogen (secondary N) is 1. The first-order valence-electron chi connectivity index (χ1n) is 14.3. The predicted octanol–water partition coefficient (Wildman–Crippen LogP) is 1.37. The molecule has 0 unspecified atom stereocenters. The van der Waals surface area contributed by atoms with E-state index in [2.05, 4.69) is 5.32 Å². The van der Waals surface area contributed by atoms with Crippen LogP contribution in [0.15, 0.2) is 12.1 Å². The summed E-state index contributed by atoms with van der Waals surface area (Å²) < 4.78 is 39.2.